The summed E-state index contributed by atoms with van der Waals surface area (Å²) in [4.78, 5) is 14.5. The fourth-order valence-corrected chi connectivity index (χ4v) is 2.21. The molecule has 0 radical (unpaired) electrons. The van der Waals surface area contributed by atoms with E-state index < -0.39 is 4.92 Å². The minimum Gasteiger partial charge on any atom is -0.497 e. The van der Waals surface area contributed by atoms with Crippen molar-refractivity contribution < 1.29 is 9.66 Å². The van der Waals surface area contributed by atoms with E-state index in [4.69, 9.17) is 4.74 Å². The molecule has 7 heteroatoms. The first-order valence-electron chi connectivity index (χ1n) is 7.13. The molecule has 2 aromatic carbocycles. The Bertz CT molecular complexity index is 907. The Labute approximate surface area is 137 Å². The minimum atomic E-state index is -0.435. The number of benzene rings is 2. The van der Waals surface area contributed by atoms with Crippen LogP contribution in [0.4, 0.5) is 11.4 Å². The molecule has 1 aromatic heterocycles. The Morgan fingerprint density at radius 2 is 2.00 bits per heavy atom. The predicted molar refractivity (Wildman–Crippen MR) is 92.6 cm³/mol. The average molecular weight is 322 g/mol. The van der Waals surface area contributed by atoms with Gasteiger partial charge in [-0.2, -0.15) is 5.10 Å². The number of nitro benzene ring substituents is 1. The molecule has 0 bridgehead atoms. The van der Waals surface area contributed by atoms with Crippen LogP contribution in [0.2, 0.25) is 0 Å². The fraction of sp³-hybridized carbons (Fsp3) is 0.0588. The number of fused-ring (bicyclic) bond motifs is 1. The average Bonchev–Trinajstić information content (AvgIpc) is 2.62. The van der Waals surface area contributed by atoms with E-state index in [2.05, 4.69) is 15.5 Å². The maximum atomic E-state index is 10.6. The van der Waals surface area contributed by atoms with Crippen molar-refractivity contribution >= 4 is 28.5 Å². The van der Waals surface area contributed by atoms with E-state index in [9.17, 15) is 10.1 Å². The van der Waals surface area contributed by atoms with E-state index in [1.807, 2.05) is 24.3 Å². The molecule has 24 heavy (non-hydrogen) atoms. The van der Waals surface area contributed by atoms with Crippen LogP contribution in [0.15, 0.2) is 59.8 Å². The van der Waals surface area contributed by atoms with Crippen LogP contribution in [0.25, 0.3) is 10.9 Å². The summed E-state index contributed by atoms with van der Waals surface area (Å²) in [6, 6.07) is 13.6. The van der Waals surface area contributed by atoms with Gasteiger partial charge in [0.05, 0.1) is 29.5 Å². The first-order valence-corrected chi connectivity index (χ1v) is 7.13. The lowest BCUT2D eigenvalue weighted by Gasteiger charge is -2.07. The molecule has 1 heterocycles. The zero-order valence-corrected chi connectivity index (χ0v) is 12.8. The van der Waals surface area contributed by atoms with Crippen molar-refractivity contribution in [3.05, 3.63) is 70.4 Å². The molecule has 0 atom stereocenters. The highest BCUT2D eigenvalue weighted by Crippen LogP contribution is 2.25. The van der Waals surface area contributed by atoms with Crippen molar-refractivity contribution in [2.45, 2.75) is 0 Å². The molecule has 0 amide bonds. The van der Waals surface area contributed by atoms with Crippen LogP contribution in [0.3, 0.4) is 0 Å². The maximum Gasteiger partial charge on any atom is 0.269 e. The second-order valence-electron chi connectivity index (χ2n) is 4.96. The topological polar surface area (TPSA) is 89.7 Å². The lowest BCUT2D eigenvalue weighted by Crippen LogP contribution is -1.94. The molecule has 3 rings (SSSR count). The number of rotatable bonds is 5. The van der Waals surface area contributed by atoms with Gasteiger partial charge in [-0.3, -0.25) is 20.5 Å². The normalized spacial score (nSPS) is 10.9. The van der Waals surface area contributed by atoms with E-state index in [0.29, 0.717) is 0 Å². The molecule has 0 fully saturated rings. The van der Waals surface area contributed by atoms with E-state index in [0.717, 1.165) is 27.9 Å². The van der Waals surface area contributed by atoms with Crippen LogP contribution < -0.4 is 10.2 Å². The molecule has 3 aromatic rings. The molecule has 0 saturated heterocycles. The second kappa shape index (κ2) is 6.74. The predicted octanol–water partition coefficient (Wildman–Crippen LogP) is 3.60. The van der Waals surface area contributed by atoms with Gasteiger partial charge in [-0.25, -0.2) is 0 Å². The summed E-state index contributed by atoms with van der Waals surface area (Å²) in [6.07, 6.45) is 3.29. The summed E-state index contributed by atoms with van der Waals surface area (Å²) < 4.78 is 5.23. The highest BCUT2D eigenvalue weighted by molar-refractivity contribution is 5.92. The number of nitro groups is 1. The van der Waals surface area contributed by atoms with Crippen molar-refractivity contribution in [3.8, 4) is 5.75 Å². The van der Waals surface area contributed by atoms with Crippen molar-refractivity contribution in [2.24, 2.45) is 5.10 Å². The van der Waals surface area contributed by atoms with Gasteiger partial charge < -0.3 is 4.74 Å². The zero-order valence-electron chi connectivity index (χ0n) is 12.8. The smallest absolute Gasteiger partial charge is 0.269 e. The van der Waals surface area contributed by atoms with Crippen LogP contribution in [0, 0.1) is 10.1 Å². The van der Waals surface area contributed by atoms with Crippen molar-refractivity contribution in [3.63, 3.8) is 0 Å². The van der Waals surface area contributed by atoms with E-state index in [1.54, 1.807) is 31.7 Å². The molecule has 0 aliphatic heterocycles. The maximum absolute atomic E-state index is 10.6. The van der Waals surface area contributed by atoms with Crippen molar-refractivity contribution in [1.82, 2.24) is 4.98 Å². The Morgan fingerprint density at radius 1 is 1.21 bits per heavy atom. The first kappa shape index (κ1) is 15.4. The Balaban J connectivity index is 1.81. The summed E-state index contributed by atoms with van der Waals surface area (Å²) in [6.45, 7) is 0. The molecule has 0 aliphatic rings. The Kier molecular flexibility index (Phi) is 4.33. The van der Waals surface area contributed by atoms with Gasteiger partial charge in [-0.15, -0.1) is 0 Å². The molecule has 0 spiro atoms. The fourth-order valence-electron chi connectivity index (χ4n) is 2.21. The van der Waals surface area contributed by atoms with Gasteiger partial charge in [-0.05, 0) is 42.0 Å². The van der Waals surface area contributed by atoms with Crippen molar-refractivity contribution in [1.29, 1.82) is 0 Å². The van der Waals surface area contributed by atoms with Gasteiger partial charge in [-0.1, -0.05) is 0 Å². The number of nitrogens with one attached hydrogen (secondary N) is 1. The minimum absolute atomic E-state index is 0.0485. The number of ether oxygens (including phenoxy) is 1. The van der Waals surface area contributed by atoms with Gasteiger partial charge in [0.25, 0.3) is 5.69 Å². The van der Waals surface area contributed by atoms with Crippen LogP contribution in [0.1, 0.15) is 5.56 Å². The highest BCUT2D eigenvalue weighted by Gasteiger charge is 2.04. The van der Waals surface area contributed by atoms with E-state index >= 15 is 0 Å². The van der Waals surface area contributed by atoms with E-state index in [1.165, 1.54) is 12.1 Å². The number of aromatic nitrogens is 1. The third kappa shape index (κ3) is 3.30. The number of non-ortho nitro benzene ring substituents is 1. The number of nitrogens with zero attached hydrogens (tertiary/aromatic N) is 3. The summed E-state index contributed by atoms with van der Waals surface area (Å²) >= 11 is 0. The summed E-state index contributed by atoms with van der Waals surface area (Å²) in [5, 5.41) is 15.7. The molecule has 120 valence electrons. The standard InChI is InChI=1S/C17H14N4O3/c1-24-14-6-7-16-15(10-14)17(8-9-18-16)20-19-11-12-2-4-13(5-3-12)21(22)23/h2-11H,1H3,(H,18,20)/b19-11+. The number of hydrogen-bond acceptors (Lipinski definition) is 6. The van der Waals surface area contributed by atoms with Gasteiger partial charge in [0.1, 0.15) is 5.75 Å². The van der Waals surface area contributed by atoms with Gasteiger partial charge >= 0.3 is 0 Å². The zero-order chi connectivity index (χ0) is 16.9. The van der Waals surface area contributed by atoms with Crippen LogP contribution >= 0.6 is 0 Å². The lowest BCUT2D eigenvalue weighted by molar-refractivity contribution is -0.384. The van der Waals surface area contributed by atoms with Crippen molar-refractivity contribution in [2.75, 3.05) is 12.5 Å². The highest BCUT2D eigenvalue weighted by atomic mass is 16.6. The quantitative estimate of drug-likeness (QED) is 0.440. The number of pyridine rings is 1. The number of anilines is 1. The number of hydrazone groups is 1. The number of methoxy groups -OCH3 is 1. The first-order chi connectivity index (χ1) is 11.7. The summed E-state index contributed by atoms with van der Waals surface area (Å²) in [7, 11) is 1.61. The molecule has 0 unspecified atom stereocenters. The van der Waals surface area contributed by atoms with E-state index in [-0.39, 0.29) is 5.69 Å². The van der Waals surface area contributed by atoms with Gasteiger partial charge in [0, 0.05) is 23.7 Å². The Hall–Kier alpha value is -3.48. The van der Waals surface area contributed by atoms with Crippen LogP contribution in [-0.4, -0.2) is 23.2 Å². The molecule has 0 saturated carbocycles. The summed E-state index contributed by atoms with van der Waals surface area (Å²) in [5.41, 5.74) is 5.38. The second-order valence-corrected chi connectivity index (χ2v) is 4.96. The third-order valence-corrected chi connectivity index (χ3v) is 3.45. The molecular formula is C17H14N4O3. The summed E-state index contributed by atoms with van der Waals surface area (Å²) in [5.74, 6) is 0.734. The monoisotopic (exact) mass is 322 g/mol. The molecular weight excluding hydrogens is 308 g/mol. The third-order valence-electron chi connectivity index (χ3n) is 3.45. The molecule has 7 nitrogen and oxygen atoms in total. The van der Waals surface area contributed by atoms with Gasteiger partial charge in [0.15, 0.2) is 0 Å². The number of hydrogen-bond donors (Lipinski definition) is 1. The van der Waals surface area contributed by atoms with Crippen LogP contribution in [0.5, 0.6) is 5.75 Å². The lowest BCUT2D eigenvalue weighted by atomic mass is 10.2. The molecule has 0 aliphatic carbocycles. The van der Waals surface area contributed by atoms with Gasteiger partial charge in [0.2, 0.25) is 0 Å². The Morgan fingerprint density at radius 3 is 2.71 bits per heavy atom. The SMILES string of the molecule is COc1ccc2nccc(N/N=C/c3ccc([N+](=O)[O-])cc3)c2c1. The van der Waals surface area contributed by atoms with Crippen LogP contribution in [-0.2, 0) is 0 Å². The largest absolute Gasteiger partial charge is 0.497 e. The molecule has 1 N–H and O–H groups in total.